The van der Waals surface area contributed by atoms with Crippen molar-refractivity contribution in [2.24, 2.45) is 0 Å². The zero-order valence-electron chi connectivity index (χ0n) is 12.4. The van der Waals surface area contributed by atoms with Gasteiger partial charge in [-0.2, -0.15) is 0 Å². The highest BCUT2D eigenvalue weighted by atomic mass is 16.7. The normalized spacial score (nSPS) is 12.8. The third-order valence-electron chi connectivity index (χ3n) is 2.95. The zero-order chi connectivity index (χ0) is 13.9. The van der Waals surface area contributed by atoms with E-state index in [1.54, 1.807) is 0 Å². The Morgan fingerprint density at radius 3 is 2.16 bits per heavy atom. The molecule has 0 aliphatic carbocycles. The van der Waals surface area contributed by atoms with Crippen LogP contribution in [0.1, 0.15) is 32.8 Å². The summed E-state index contributed by atoms with van der Waals surface area (Å²) >= 11 is 0. The first kappa shape index (κ1) is 16.2. The number of ether oxygens (including phenoxy) is 2. The topological polar surface area (TPSA) is 30.5 Å². The molecule has 19 heavy (non-hydrogen) atoms. The predicted octanol–water partition coefficient (Wildman–Crippen LogP) is 3.00. The van der Waals surface area contributed by atoms with Crippen LogP contribution in [0, 0.1) is 0 Å². The molecule has 0 bridgehead atoms. The van der Waals surface area contributed by atoms with Crippen LogP contribution in [0.5, 0.6) is 0 Å². The van der Waals surface area contributed by atoms with Crippen LogP contribution in [-0.2, 0) is 15.9 Å². The van der Waals surface area contributed by atoms with Gasteiger partial charge >= 0.3 is 0 Å². The molecule has 1 N–H and O–H groups in total. The van der Waals surface area contributed by atoms with Gasteiger partial charge in [0.2, 0.25) is 0 Å². The van der Waals surface area contributed by atoms with Crippen molar-refractivity contribution in [2.45, 2.75) is 45.9 Å². The molecular weight excluding hydrogens is 238 g/mol. The van der Waals surface area contributed by atoms with Gasteiger partial charge < -0.3 is 14.8 Å². The van der Waals surface area contributed by atoms with Gasteiger partial charge in [0.1, 0.15) is 0 Å². The van der Waals surface area contributed by atoms with E-state index in [2.05, 4.69) is 36.5 Å². The summed E-state index contributed by atoms with van der Waals surface area (Å²) in [6.45, 7) is 8.50. The van der Waals surface area contributed by atoms with E-state index in [9.17, 15) is 0 Å². The van der Waals surface area contributed by atoms with E-state index in [1.807, 2.05) is 19.9 Å². The smallest absolute Gasteiger partial charge is 0.172 e. The van der Waals surface area contributed by atoms with Crippen molar-refractivity contribution in [3.8, 4) is 0 Å². The van der Waals surface area contributed by atoms with Crippen molar-refractivity contribution < 1.29 is 9.47 Å². The Labute approximate surface area is 117 Å². The van der Waals surface area contributed by atoms with Crippen LogP contribution in [0.3, 0.4) is 0 Å². The highest BCUT2D eigenvalue weighted by Gasteiger charge is 2.21. The Morgan fingerprint density at radius 1 is 1.00 bits per heavy atom. The SMILES string of the molecule is CCCNC(Cc1ccccc1)C(OCC)OCC. The largest absolute Gasteiger partial charge is 0.351 e. The molecule has 1 aromatic rings. The minimum Gasteiger partial charge on any atom is -0.351 e. The van der Waals surface area contributed by atoms with Crippen LogP contribution in [0.15, 0.2) is 30.3 Å². The highest BCUT2D eigenvalue weighted by molar-refractivity contribution is 5.16. The summed E-state index contributed by atoms with van der Waals surface area (Å²) in [5.74, 6) is 0. The van der Waals surface area contributed by atoms with Gasteiger partial charge in [0.05, 0.1) is 6.04 Å². The zero-order valence-corrected chi connectivity index (χ0v) is 12.4. The van der Waals surface area contributed by atoms with E-state index in [0.29, 0.717) is 13.2 Å². The molecule has 0 aliphatic rings. The summed E-state index contributed by atoms with van der Waals surface area (Å²) in [6.07, 6.45) is 1.85. The van der Waals surface area contributed by atoms with Crippen molar-refractivity contribution in [3.63, 3.8) is 0 Å². The third kappa shape index (κ3) is 6.19. The van der Waals surface area contributed by atoms with E-state index in [1.165, 1.54) is 5.56 Å². The first-order valence-corrected chi connectivity index (χ1v) is 7.32. The lowest BCUT2D eigenvalue weighted by molar-refractivity contribution is -0.153. The van der Waals surface area contributed by atoms with Gasteiger partial charge in [-0.05, 0) is 38.8 Å². The maximum absolute atomic E-state index is 5.73. The fraction of sp³-hybridized carbons (Fsp3) is 0.625. The molecule has 3 heteroatoms. The van der Waals surface area contributed by atoms with Crippen LogP contribution in [-0.4, -0.2) is 32.1 Å². The van der Waals surface area contributed by atoms with Crippen molar-refractivity contribution >= 4 is 0 Å². The molecule has 0 spiro atoms. The van der Waals surface area contributed by atoms with Gasteiger partial charge in [-0.15, -0.1) is 0 Å². The molecule has 0 saturated carbocycles. The highest BCUT2D eigenvalue weighted by Crippen LogP contribution is 2.10. The second-order valence-corrected chi connectivity index (χ2v) is 4.53. The molecule has 0 aliphatic heterocycles. The Morgan fingerprint density at radius 2 is 1.63 bits per heavy atom. The van der Waals surface area contributed by atoms with Gasteiger partial charge in [0.25, 0.3) is 0 Å². The van der Waals surface area contributed by atoms with E-state index in [-0.39, 0.29) is 12.3 Å². The molecule has 0 radical (unpaired) electrons. The predicted molar refractivity (Wildman–Crippen MR) is 79.3 cm³/mol. The quantitative estimate of drug-likeness (QED) is 0.660. The van der Waals surface area contributed by atoms with E-state index in [4.69, 9.17) is 9.47 Å². The van der Waals surface area contributed by atoms with Crippen LogP contribution in [0.2, 0.25) is 0 Å². The molecule has 1 aromatic carbocycles. The maximum atomic E-state index is 5.73. The third-order valence-corrected chi connectivity index (χ3v) is 2.95. The molecule has 0 saturated heterocycles. The maximum Gasteiger partial charge on any atom is 0.172 e. The molecule has 1 rings (SSSR count). The van der Waals surface area contributed by atoms with Gasteiger partial charge in [-0.25, -0.2) is 0 Å². The fourth-order valence-electron chi connectivity index (χ4n) is 2.07. The molecule has 108 valence electrons. The van der Waals surface area contributed by atoms with Crippen molar-refractivity contribution in [2.75, 3.05) is 19.8 Å². The summed E-state index contributed by atoms with van der Waals surface area (Å²) < 4.78 is 11.5. The average molecular weight is 265 g/mol. The van der Waals surface area contributed by atoms with Crippen LogP contribution < -0.4 is 5.32 Å². The summed E-state index contributed by atoms with van der Waals surface area (Å²) in [4.78, 5) is 0. The summed E-state index contributed by atoms with van der Waals surface area (Å²) in [6, 6.07) is 10.7. The molecule has 0 heterocycles. The number of rotatable bonds is 10. The van der Waals surface area contributed by atoms with Gasteiger partial charge in [-0.3, -0.25) is 0 Å². The van der Waals surface area contributed by atoms with Gasteiger partial charge in [-0.1, -0.05) is 37.3 Å². The number of hydrogen-bond acceptors (Lipinski definition) is 3. The lowest BCUT2D eigenvalue weighted by Gasteiger charge is -2.27. The molecule has 1 atom stereocenters. The second-order valence-electron chi connectivity index (χ2n) is 4.53. The Kier molecular flexibility index (Phi) is 8.47. The lowest BCUT2D eigenvalue weighted by atomic mass is 10.1. The molecule has 0 aromatic heterocycles. The van der Waals surface area contributed by atoms with Crippen LogP contribution >= 0.6 is 0 Å². The van der Waals surface area contributed by atoms with Crippen molar-refractivity contribution in [3.05, 3.63) is 35.9 Å². The Bertz CT molecular complexity index is 310. The van der Waals surface area contributed by atoms with Crippen molar-refractivity contribution in [1.82, 2.24) is 5.32 Å². The van der Waals surface area contributed by atoms with Crippen LogP contribution in [0.25, 0.3) is 0 Å². The number of hydrogen-bond donors (Lipinski definition) is 1. The minimum absolute atomic E-state index is 0.179. The Balaban J connectivity index is 2.67. The first-order chi connectivity index (χ1) is 9.31. The molecule has 3 nitrogen and oxygen atoms in total. The lowest BCUT2D eigenvalue weighted by Crippen LogP contribution is -2.45. The molecular formula is C16H27NO2. The minimum atomic E-state index is -0.179. The summed E-state index contributed by atoms with van der Waals surface area (Å²) in [5.41, 5.74) is 1.31. The molecule has 1 unspecified atom stereocenters. The number of nitrogens with one attached hydrogen (secondary N) is 1. The summed E-state index contributed by atoms with van der Waals surface area (Å²) in [5, 5.41) is 3.54. The van der Waals surface area contributed by atoms with Gasteiger partial charge in [0, 0.05) is 13.2 Å². The second kappa shape index (κ2) is 9.96. The van der Waals surface area contributed by atoms with Gasteiger partial charge in [0.15, 0.2) is 6.29 Å². The monoisotopic (exact) mass is 265 g/mol. The van der Waals surface area contributed by atoms with E-state index < -0.39 is 0 Å². The Hall–Kier alpha value is -0.900. The van der Waals surface area contributed by atoms with Crippen LogP contribution in [0.4, 0.5) is 0 Å². The first-order valence-electron chi connectivity index (χ1n) is 7.32. The standard InChI is InChI=1S/C16H27NO2/c1-4-12-17-15(16(18-5-2)19-6-3)13-14-10-8-7-9-11-14/h7-11,15-17H,4-6,12-13H2,1-3H3. The molecule has 0 fully saturated rings. The summed E-state index contributed by atoms with van der Waals surface area (Å²) in [7, 11) is 0. The van der Waals surface area contributed by atoms with E-state index >= 15 is 0 Å². The fourth-order valence-corrected chi connectivity index (χ4v) is 2.07. The molecule has 0 amide bonds. The average Bonchev–Trinajstić information content (AvgIpc) is 2.44. The van der Waals surface area contributed by atoms with E-state index in [0.717, 1.165) is 19.4 Å². The number of benzene rings is 1. The van der Waals surface area contributed by atoms with Crippen molar-refractivity contribution in [1.29, 1.82) is 0 Å².